The number of carboxylic acids is 1. The first kappa shape index (κ1) is 22.8. The molecule has 0 aromatic heterocycles. The largest absolute Gasteiger partial charge is 0.480 e. The Kier molecular flexibility index (Phi) is 9.07. The number of nitrogens with two attached hydrogens (primary N) is 1. The molecule has 0 aliphatic carbocycles. The van der Waals surface area contributed by atoms with E-state index in [1.165, 1.54) is 20.8 Å². The number of carboxylic acid groups (broad SMARTS) is 1. The number of hydrogen-bond donors (Lipinski definition) is 6. The molecule has 3 amide bonds. The monoisotopic (exact) mass is 360 g/mol. The molecular weight excluding hydrogens is 332 g/mol. The number of carbonyl (C=O) groups excluding carboxylic acids is 3. The van der Waals surface area contributed by atoms with Gasteiger partial charge in [-0.2, -0.15) is 0 Å². The van der Waals surface area contributed by atoms with Gasteiger partial charge in [-0.15, -0.1) is 0 Å². The lowest BCUT2D eigenvalue weighted by atomic mass is 10.0. The van der Waals surface area contributed by atoms with Gasteiger partial charge >= 0.3 is 5.97 Å². The summed E-state index contributed by atoms with van der Waals surface area (Å²) >= 11 is 0. The average molecular weight is 360 g/mol. The van der Waals surface area contributed by atoms with Crippen molar-refractivity contribution in [2.75, 3.05) is 0 Å². The topological polar surface area (TPSA) is 171 Å². The Labute approximate surface area is 146 Å². The maximum absolute atomic E-state index is 12.1. The van der Waals surface area contributed by atoms with Crippen LogP contribution in [0.4, 0.5) is 0 Å². The first-order valence-electron chi connectivity index (χ1n) is 7.96. The maximum atomic E-state index is 12.1. The van der Waals surface area contributed by atoms with Gasteiger partial charge in [0.15, 0.2) is 0 Å². The normalized spacial score (nSPS) is 17.0. The molecule has 0 saturated heterocycles. The molecule has 0 aliphatic rings. The Balaban J connectivity index is 4.86. The summed E-state index contributed by atoms with van der Waals surface area (Å²) in [4.78, 5) is 46.8. The van der Waals surface area contributed by atoms with Crippen LogP contribution in [-0.2, 0) is 19.2 Å². The number of hydrogen-bond acceptors (Lipinski definition) is 6. The zero-order chi connectivity index (χ0) is 19.9. The fourth-order valence-corrected chi connectivity index (χ4v) is 1.73. The van der Waals surface area contributed by atoms with Crippen molar-refractivity contribution in [3.8, 4) is 0 Å². The summed E-state index contributed by atoms with van der Waals surface area (Å²) in [6.45, 7) is 7.43. The van der Waals surface area contributed by atoms with Gasteiger partial charge in [-0.05, 0) is 26.7 Å². The van der Waals surface area contributed by atoms with Gasteiger partial charge in [0.2, 0.25) is 17.7 Å². The summed E-state index contributed by atoms with van der Waals surface area (Å²) in [5.41, 5.74) is 5.69. The van der Waals surface area contributed by atoms with Gasteiger partial charge < -0.3 is 31.9 Å². The second-order valence-corrected chi connectivity index (χ2v) is 6.30. The standard InChI is InChI=1S/C15H28N4O6/c1-6(2)10(16)13(22)17-7(3)12(21)19-11(9(5)20)14(23)18-8(4)15(24)25/h6-11,20H,16H2,1-5H3,(H,17,22)(H,18,23)(H,19,21)(H,24,25). The van der Waals surface area contributed by atoms with Crippen LogP contribution < -0.4 is 21.7 Å². The van der Waals surface area contributed by atoms with Crippen molar-refractivity contribution in [3.05, 3.63) is 0 Å². The second kappa shape index (κ2) is 9.94. The number of aliphatic carboxylic acids is 1. The smallest absolute Gasteiger partial charge is 0.325 e. The number of nitrogens with one attached hydrogen (secondary N) is 3. The molecule has 7 N–H and O–H groups in total. The lowest BCUT2D eigenvalue weighted by Crippen LogP contribution is -2.59. The van der Waals surface area contributed by atoms with E-state index in [9.17, 15) is 24.3 Å². The molecule has 144 valence electrons. The van der Waals surface area contributed by atoms with Crippen LogP contribution in [0.2, 0.25) is 0 Å². The predicted molar refractivity (Wildman–Crippen MR) is 89.3 cm³/mol. The van der Waals surface area contributed by atoms with Crippen molar-refractivity contribution in [1.82, 2.24) is 16.0 Å². The minimum atomic E-state index is -1.37. The van der Waals surface area contributed by atoms with E-state index in [2.05, 4.69) is 16.0 Å². The van der Waals surface area contributed by atoms with E-state index < -0.39 is 54.0 Å². The van der Waals surface area contributed by atoms with Crippen LogP contribution in [0.5, 0.6) is 0 Å². The first-order chi connectivity index (χ1) is 11.4. The highest BCUT2D eigenvalue weighted by Crippen LogP contribution is 2.00. The number of aliphatic hydroxyl groups is 1. The molecule has 5 atom stereocenters. The zero-order valence-corrected chi connectivity index (χ0v) is 15.1. The van der Waals surface area contributed by atoms with Gasteiger partial charge in [-0.1, -0.05) is 13.8 Å². The summed E-state index contributed by atoms with van der Waals surface area (Å²) in [5, 5.41) is 25.3. The number of rotatable bonds is 9. The van der Waals surface area contributed by atoms with E-state index in [1.807, 2.05) is 0 Å². The highest BCUT2D eigenvalue weighted by molar-refractivity contribution is 5.94. The van der Waals surface area contributed by atoms with Crippen molar-refractivity contribution in [2.45, 2.75) is 64.9 Å². The Morgan fingerprint density at radius 3 is 1.68 bits per heavy atom. The Morgan fingerprint density at radius 2 is 1.28 bits per heavy atom. The molecule has 25 heavy (non-hydrogen) atoms. The highest BCUT2D eigenvalue weighted by Gasteiger charge is 2.30. The van der Waals surface area contributed by atoms with Gasteiger partial charge in [-0.25, -0.2) is 0 Å². The molecule has 0 aliphatic heterocycles. The lowest BCUT2D eigenvalue weighted by molar-refractivity contribution is -0.142. The SMILES string of the molecule is CC(NC(=O)C(NC(=O)C(C)NC(=O)C(N)C(C)C)C(C)O)C(=O)O. The summed E-state index contributed by atoms with van der Waals surface area (Å²) in [6.07, 6.45) is -1.27. The molecule has 0 aromatic rings. The van der Waals surface area contributed by atoms with Crippen LogP contribution in [0.3, 0.4) is 0 Å². The van der Waals surface area contributed by atoms with Crippen LogP contribution in [-0.4, -0.2) is 64.2 Å². The highest BCUT2D eigenvalue weighted by atomic mass is 16.4. The molecule has 0 rings (SSSR count). The van der Waals surface area contributed by atoms with Gasteiger partial charge in [0.1, 0.15) is 18.1 Å². The van der Waals surface area contributed by atoms with E-state index in [0.29, 0.717) is 0 Å². The van der Waals surface area contributed by atoms with Crippen LogP contribution in [0.1, 0.15) is 34.6 Å². The van der Waals surface area contributed by atoms with Crippen molar-refractivity contribution in [1.29, 1.82) is 0 Å². The molecule has 0 fully saturated rings. The van der Waals surface area contributed by atoms with Crippen molar-refractivity contribution in [3.63, 3.8) is 0 Å². The van der Waals surface area contributed by atoms with E-state index in [1.54, 1.807) is 13.8 Å². The number of carbonyl (C=O) groups is 4. The van der Waals surface area contributed by atoms with E-state index in [-0.39, 0.29) is 5.92 Å². The maximum Gasteiger partial charge on any atom is 0.325 e. The van der Waals surface area contributed by atoms with E-state index in [0.717, 1.165) is 0 Å². The average Bonchev–Trinajstić information content (AvgIpc) is 2.50. The third-order valence-corrected chi connectivity index (χ3v) is 3.56. The Morgan fingerprint density at radius 1 is 0.800 bits per heavy atom. The minimum absolute atomic E-state index is 0.122. The molecule has 0 heterocycles. The molecule has 5 unspecified atom stereocenters. The van der Waals surface area contributed by atoms with E-state index in [4.69, 9.17) is 10.8 Å². The summed E-state index contributed by atoms with van der Waals surface area (Å²) in [7, 11) is 0. The van der Waals surface area contributed by atoms with Gasteiger partial charge in [0.05, 0.1) is 12.1 Å². The summed E-state index contributed by atoms with van der Waals surface area (Å²) < 4.78 is 0. The third kappa shape index (κ3) is 7.48. The fraction of sp³-hybridized carbons (Fsp3) is 0.733. The first-order valence-corrected chi connectivity index (χ1v) is 7.96. The van der Waals surface area contributed by atoms with Gasteiger partial charge in [0, 0.05) is 0 Å². The van der Waals surface area contributed by atoms with Gasteiger partial charge in [-0.3, -0.25) is 19.2 Å². The van der Waals surface area contributed by atoms with Crippen molar-refractivity contribution >= 4 is 23.7 Å². The van der Waals surface area contributed by atoms with Crippen LogP contribution in [0, 0.1) is 5.92 Å². The van der Waals surface area contributed by atoms with Crippen molar-refractivity contribution in [2.24, 2.45) is 11.7 Å². The summed E-state index contributed by atoms with van der Waals surface area (Å²) in [5.74, 6) is -3.46. The second-order valence-electron chi connectivity index (χ2n) is 6.30. The molecule has 0 radical (unpaired) electrons. The molecule has 0 spiro atoms. The van der Waals surface area contributed by atoms with Crippen LogP contribution in [0.25, 0.3) is 0 Å². The molecular formula is C15H28N4O6. The number of aliphatic hydroxyl groups excluding tert-OH is 1. The summed E-state index contributed by atoms with van der Waals surface area (Å²) in [6, 6.07) is -4.34. The molecule has 0 aromatic carbocycles. The fourth-order valence-electron chi connectivity index (χ4n) is 1.73. The number of amides is 3. The van der Waals surface area contributed by atoms with Gasteiger partial charge in [0.25, 0.3) is 0 Å². The van der Waals surface area contributed by atoms with Crippen molar-refractivity contribution < 1.29 is 29.4 Å². The van der Waals surface area contributed by atoms with Crippen LogP contribution >= 0.6 is 0 Å². The molecule has 0 bridgehead atoms. The molecule has 10 heteroatoms. The van der Waals surface area contributed by atoms with E-state index >= 15 is 0 Å². The zero-order valence-electron chi connectivity index (χ0n) is 15.1. The third-order valence-electron chi connectivity index (χ3n) is 3.56. The quantitative estimate of drug-likeness (QED) is 0.274. The molecule has 10 nitrogen and oxygen atoms in total. The molecule has 0 saturated carbocycles. The van der Waals surface area contributed by atoms with Crippen LogP contribution in [0.15, 0.2) is 0 Å². The minimum Gasteiger partial charge on any atom is -0.480 e. The predicted octanol–water partition coefficient (Wildman–Crippen LogP) is -2.07. The Hall–Kier alpha value is -2.20. The Bertz CT molecular complexity index is 508. The lowest BCUT2D eigenvalue weighted by Gasteiger charge is -2.25.